The molecule has 0 aromatic heterocycles. The van der Waals surface area contributed by atoms with Crippen molar-refractivity contribution in [2.24, 2.45) is 0 Å². The molecule has 0 amide bonds. The van der Waals surface area contributed by atoms with Crippen LogP contribution in [0.3, 0.4) is 0 Å². The van der Waals surface area contributed by atoms with Gasteiger partial charge in [-0.1, -0.05) is 15.9 Å². The largest absolute Gasteiger partial charge is 0.465 e. The van der Waals surface area contributed by atoms with Crippen molar-refractivity contribution in [1.82, 2.24) is 5.32 Å². The van der Waals surface area contributed by atoms with Crippen molar-refractivity contribution in [2.75, 3.05) is 13.2 Å². The van der Waals surface area contributed by atoms with Gasteiger partial charge in [-0.2, -0.15) is 0 Å². The molecule has 0 saturated heterocycles. The highest BCUT2D eigenvalue weighted by atomic mass is 79.9. The third-order valence-corrected chi connectivity index (χ3v) is 2.51. The number of carbonyl (C=O) groups is 1. The number of nitro benzene ring substituents is 1. The second kappa shape index (κ2) is 7.07. The van der Waals surface area contributed by atoms with Gasteiger partial charge < -0.3 is 10.1 Å². The minimum atomic E-state index is -0.459. The Kier molecular flexibility index (Phi) is 5.73. The van der Waals surface area contributed by atoms with Crippen molar-refractivity contribution in [2.45, 2.75) is 13.5 Å². The number of rotatable bonds is 6. The summed E-state index contributed by atoms with van der Waals surface area (Å²) in [6.07, 6.45) is 0. The van der Waals surface area contributed by atoms with Crippen LogP contribution in [0.15, 0.2) is 22.7 Å². The Morgan fingerprint density at radius 1 is 1.50 bits per heavy atom. The van der Waals surface area contributed by atoms with E-state index in [0.29, 0.717) is 17.6 Å². The number of halogens is 1. The molecule has 18 heavy (non-hydrogen) atoms. The number of nitrogens with zero attached hydrogens (tertiary/aromatic N) is 1. The number of benzene rings is 1. The van der Waals surface area contributed by atoms with Gasteiger partial charge in [0.2, 0.25) is 0 Å². The number of non-ortho nitro benzene ring substituents is 1. The van der Waals surface area contributed by atoms with Gasteiger partial charge in [-0.3, -0.25) is 14.9 Å². The van der Waals surface area contributed by atoms with Gasteiger partial charge in [-0.05, 0) is 18.6 Å². The Morgan fingerprint density at radius 2 is 2.22 bits per heavy atom. The van der Waals surface area contributed by atoms with Gasteiger partial charge in [-0.15, -0.1) is 0 Å². The third-order valence-electron chi connectivity index (χ3n) is 2.06. The molecular formula is C11H13BrN2O4. The second-order valence-corrected chi connectivity index (χ2v) is 4.40. The Balaban J connectivity index is 2.57. The molecule has 0 bridgehead atoms. The van der Waals surface area contributed by atoms with Crippen LogP contribution in [0.1, 0.15) is 12.5 Å². The maximum absolute atomic E-state index is 11.1. The van der Waals surface area contributed by atoms with Gasteiger partial charge in [-0.25, -0.2) is 0 Å². The summed E-state index contributed by atoms with van der Waals surface area (Å²) in [4.78, 5) is 21.3. The molecule has 98 valence electrons. The maximum atomic E-state index is 11.1. The number of carbonyl (C=O) groups excluding carboxylic acids is 1. The Labute approximate surface area is 113 Å². The first-order valence-corrected chi connectivity index (χ1v) is 6.12. The zero-order valence-corrected chi connectivity index (χ0v) is 11.4. The second-order valence-electron chi connectivity index (χ2n) is 3.48. The van der Waals surface area contributed by atoms with E-state index in [9.17, 15) is 14.9 Å². The summed E-state index contributed by atoms with van der Waals surface area (Å²) in [7, 11) is 0. The summed E-state index contributed by atoms with van der Waals surface area (Å²) in [5.41, 5.74) is 0.734. The van der Waals surface area contributed by atoms with Crippen molar-refractivity contribution in [3.63, 3.8) is 0 Å². The highest BCUT2D eigenvalue weighted by Crippen LogP contribution is 2.21. The standard InChI is InChI=1S/C11H13BrN2O4/c1-2-18-11(15)7-13-6-8-3-9(12)5-10(4-8)14(16)17/h3-5,13H,2,6-7H2,1H3. The fraction of sp³-hybridized carbons (Fsp3) is 0.364. The molecule has 0 saturated carbocycles. The van der Waals surface area contributed by atoms with Crippen molar-refractivity contribution in [3.8, 4) is 0 Å². The van der Waals surface area contributed by atoms with Gasteiger partial charge in [0.1, 0.15) is 0 Å². The zero-order valence-electron chi connectivity index (χ0n) is 9.81. The smallest absolute Gasteiger partial charge is 0.319 e. The number of nitrogens with one attached hydrogen (secondary N) is 1. The lowest BCUT2D eigenvalue weighted by atomic mass is 10.2. The molecule has 0 atom stereocenters. The molecule has 7 heteroatoms. The fourth-order valence-electron chi connectivity index (χ4n) is 1.36. The first-order valence-electron chi connectivity index (χ1n) is 5.33. The van der Waals surface area contributed by atoms with Gasteiger partial charge in [0, 0.05) is 23.2 Å². The van der Waals surface area contributed by atoms with E-state index in [-0.39, 0.29) is 18.2 Å². The fourth-order valence-corrected chi connectivity index (χ4v) is 1.89. The molecular weight excluding hydrogens is 304 g/mol. The topological polar surface area (TPSA) is 81.5 Å². The molecule has 0 fully saturated rings. The van der Waals surface area contributed by atoms with E-state index in [1.165, 1.54) is 12.1 Å². The Bertz CT molecular complexity index is 451. The van der Waals surface area contributed by atoms with Crippen molar-refractivity contribution in [3.05, 3.63) is 38.3 Å². The van der Waals surface area contributed by atoms with Crippen LogP contribution in [-0.4, -0.2) is 24.0 Å². The highest BCUT2D eigenvalue weighted by Gasteiger charge is 2.09. The predicted octanol–water partition coefficient (Wildman–Crippen LogP) is 2.01. The molecule has 0 unspecified atom stereocenters. The van der Waals surface area contributed by atoms with E-state index in [0.717, 1.165) is 5.56 Å². The van der Waals surface area contributed by atoms with Crippen LogP contribution in [0.4, 0.5) is 5.69 Å². The molecule has 6 nitrogen and oxygen atoms in total. The molecule has 1 rings (SSSR count). The van der Waals surface area contributed by atoms with E-state index in [2.05, 4.69) is 21.2 Å². The van der Waals surface area contributed by atoms with E-state index < -0.39 is 4.92 Å². The quantitative estimate of drug-likeness (QED) is 0.493. The SMILES string of the molecule is CCOC(=O)CNCc1cc(Br)cc([N+](=O)[O-])c1. The van der Waals surface area contributed by atoms with Crippen molar-refractivity contribution < 1.29 is 14.5 Å². The van der Waals surface area contributed by atoms with E-state index in [4.69, 9.17) is 4.74 Å². The van der Waals surface area contributed by atoms with Crippen LogP contribution in [0.5, 0.6) is 0 Å². The molecule has 0 aliphatic heterocycles. The van der Waals surface area contributed by atoms with Gasteiger partial charge in [0.25, 0.3) is 5.69 Å². The zero-order chi connectivity index (χ0) is 13.5. The predicted molar refractivity (Wildman–Crippen MR) is 69.1 cm³/mol. The first-order chi connectivity index (χ1) is 8.52. The molecule has 1 aromatic rings. The molecule has 0 spiro atoms. The van der Waals surface area contributed by atoms with E-state index >= 15 is 0 Å². The van der Waals surface area contributed by atoms with Crippen molar-refractivity contribution in [1.29, 1.82) is 0 Å². The van der Waals surface area contributed by atoms with Gasteiger partial charge in [0.15, 0.2) is 0 Å². The number of hydrogen-bond donors (Lipinski definition) is 1. The summed E-state index contributed by atoms with van der Waals surface area (Å²) in [6, 6.07) is 4.64. The summed E-state index contributed by atoms with van der Waals surface area (Å²) >= 11 is 3.20. The first kappa shape index (κ1) is 14.6. The van der Waals surface area contributed by atoms with Gasteiger partial charge in [0.05, 0.1) is 18.1 Å². The Morgan fingerprint density at radius 3 is 2.83 bits per heavy atom. The minimum absolute atomic E-state index is 0.0114. The monoisotopic (exact) mass is 316 g/mol. The van der Waals surface area contributed by atoms with E-state index in [1.807, 2.05) is 0 Å². The molecule has 1 aromatic carbocycles. The average molecular weight is 317 g/mol. The normalized spacial score (nSPS) is 10.1. The third kappa shape index (κ3) is 4.80. The molecule has 0 aliphatic rings. The van der Waals surface area contributed by atoms with Crippen molar-refractivity contribution >= 4 is 27.6 Å². The number of nitro groups is 1. The summed E-state index contributed by atoms with van der Waals surface area (Å²) in [6.45, 7) is 2.51. The Hall–Kier alpha value is -1.47. The van der Waals surface area contributed by atoms with Gasteiger partial charge >= 0.3 is 5.97 Å². The van der Waals surface area contributed by atoms with Crippen LogP contribution >= 0.6 is 15.9 Å². The summed E-state index contributed by atoms with van der Waals surface area (Å²) in [5, 5.41) is 13.5. The van der Waals surface area contributed by atoms with E-state index in [1.54, 1.807) is 13.0 Å². The number of esters is 1. The highest BCUT2D eigenvalue weighted by molar-refractivity contribution is 9.10. The molecule has 0 aliphatic carbocycles. The lowest BCUT2D eigenvalue weighted by Crippen LogP contribution is -2.24. The van der Waals surface area contributed by atoms with Crippen LogP contribution < -0.4 is 5.32 Å². The van der Waals surface area contributed by atoms with Crippen LogP contribution in [-0.2, 0) is 16.1 Å². The minimum Gasteiger partial charge on any atom is -0.465 e. The van der Waals surface area contributed by atoms with Crippen LogP contribution in [0.25, 0.3) is 0 Å². The molecule has 0 radical (unpaired) electrons. The molecule has 0 heterocycles. The summed E-state index contributed by atoms with van der Waals surface area (Å²) < 4.78 is 5.38. The molecule has 1 N–H and O–H groups in total. The maximum Gasteiger partial charge on any atom is 0.319 e. The lowest BCUT2D eigenvalue weighted by Gasteiger charge is -2.05. The summed E-state index contributed by atoms with van der Waals surface area (Å²) in [5.74, 6) is -0.345. The van der Waals surface area contributed by atoms with Crippen LogP contribution in [0.2, 0.25) is 0 Å². The number of hydrogen-bond acceptors (Lipinski definition) is 5. The van der Waals surface area contributed by atoms with Crippen LogP contribution in [0, 0.1) is 10.1 Å². The lowest BCUT2D eigenvalue weighted by molar-refractivity contribution is -0.385. The average Bonchev–Trinajstić information content (AvgIpc) is 2.28. The number of ether oxygens (including phenoxy) is 1.